The average Bonchev–Trinajstić information content (AvgIpc) is 2.59. The highest BCUT2D eigenvalue weighted by atomic mass is 19.4. The second kappa shape index (κ2) is 8.59. The summed E-state index contributed by atoms with van der Waals surface area (Å²) in [5.41, 5.74) is 6.53. The Morgan fingerprint density at radius 1 is 1.23 bits per heavy atom. The molecule has 0 saturated carbocycles. The molecule has 0 bridgehead atoms. The summed E-state index contributed by atoms with van der Waals surface area (Å²) in [6.07, 6.45) is -4.69. The minimum absolute atomic E-state index is 0.0967. The molecule has 0 unspecified atom stereocenters. The fourth-order valence-corrected chi connectivity index (χ4v) is 2.62. The number of aliphatic imine (C=N–C) groups is 1. The Kier molecular flexibility index (Phi) is 6.71. The highest BCUT2D eigenvalue weighted by Crippen LogP contribution is 2.22. The molecule has 1 saturated heterocycles. The zero-order valence-electron chi connectivity index (χ0n) is 15.0. The Bertz CT molecular complexity index is 597. The first-order chi connectivity index (χ1) is 12.2. The maximum Gasteiger partial charge on any atom is 0.573 e. The van der Waals surface area contributed by atoms with Crippen molar-refractivity contribution in [3.05, 3.63) is 29.8 Å². The summed E-state index contributed by atoms with van der Waals surface area (Å²) in [6.45, 7) is 8.33. The number of alkyl halides is 3. The Hall–Kier alpha value is -2.00. The van der Waals surface area contributed by atoms with Crippen LogP contribution in [-0.4, -0.2) is 55.6 Å². The van der Waals surface area contributed by atoms with Crippen LogP contribution in [0, 0.1) is 0 Å². The lowest BCUT2D eigenvalue weighted by Gasteiger charge is -2.40. The molecule has 9 heteroatoms. The molecule has 0 atom stereocenters. The number of rotatable bonds is 6. The molecule has 0 radical (unpaired) electrons. The lowest BCUT2D eigenvalue weighted by Crippen LogP contribution is -2.56. The molecule has 1 fully saturated rings. The Balaban J connectivity index is 1.82. The van der Waals surface area contributed by atoms with Gasteiger partial charge in [-0.05, 0) is 31.5 Å². The van der Waals surface area contributed by atoms with E-state index in [0.29, 0.717) is 12.5 Å². The van der Waals surface area contributed by atoms with Crippen molar-refractivity contribution in [2.75, 3.05) is 32.8 Å². The van der Waals surface area contributed by atoms with Crippen LogP contribution < -0.4 is 15.8 Å². The lowest BCUT2D eigenvalue weighted by atomic mass is 10.0. The van der Waals surface area contributed by atoms with Crippen LogP contribution in [0.15, 0.2) is 29.3 Å². The quantitative estimate of drug-likeness (QED) is 0.589. The van der Waals surface area contributed by atoms with Gasteiger partial charge in [0.1, 0.15) is 5.75 Å². The predicted molar refractivity (Wildman–Crippen MR) is 92.9 cm³/mol. The van der Waals surface area contributed by atoms with Crippen LogP contribution >= 0.6 is 0 Å². The molecule has 0 aromatic heterocycles. The number of morpholine rings is 1. The van der Waals surface area contributed by atoms with Crippen molar-refractivity contribution in [3.63, 3.8) is 0 Å². The van der Waals surface area contributed by atoms with E-state index in [4.69, 9.17) is 10.5 Å². The number of guanidine groups is 1. The molecule has 1 aromatic rings. The second-order valence-electron chi connectivity index (χ2n) is 6.66. The Labute approximate surface area is 151 Å². The van der Waals surface area contributed by atoms with Crippen LogP contribution in [0.1, 0.15) is 19.4 Å². The molecule has 2 rings (SSSR count). The van der Waals surface area contributed by atoms with Gasteiger partial charge in [0.25, 0.3) is 0 Å². The van der Waals surface area contributed by atoms with Crippen molar-refractivity contribution in [1.82, 2.24) is 10.2 Å². The third-order valence-electron chi connectivity index (χ3n) is 4.16. The van der Waals surface area contributed by atoms with Gasteiger partial charge in [0.15, 0.2) is 5.96 Å². The van der Waals surface area contributed by atoms with E-state index in [2.05, 4.69) is 33.8 Å². The first-order valence-corrected chi connectivity index (χ1v) is 8.37. The van der Waals surface area contributed by atoms with Gasteiger partial charge in [-0.1, -0.05) is 12.1 Å². The van der Waals surface area contributed by atoms with Crippen LogP contribution in [0.25, 0.3) is 0 Å². The minimum atomic E-state index is -4.69. The van der Waals surface area contributed by atoms with Crippen molar-refractivity contribution < 1.29 is 22.6 Å². The second-order valence-corrected chi connectivity index (χ2v) is 6.66. The van der Waals surface area contributed by atoms with Crippen molar-refractivity contribution >= 4 is 5.96 Å². The van der Waals surface area contributed by atoms with Crippen LogP contribution in [0.5, 0.6) is 5.75 Å². The number of nitrogens with two attached hydrogens (primary N) is 1. The summed E-state index contributed by atoms with van der Waals surface area (Å²) in [4.78, 5) is 6.55. The lowest BCUT2D eigenvalue weighted by molar-refractivity contribution is -0.274. The number of nitrogens with zero attached hydrogens (tertiary/aromatic N) is 2. The average molecular weight is 374 g/mol. The fraction of sp³-hybridized carbons (Fsp3) is 0.588. The van der Waals surface area contributed by atoms with Crippen LogP contribution in [0.3, 0.4) is 0 Å². The van der Waals surface area contributed by atoms with Crippen LogP contribution in [0.2, 0.25) is 0 Å². The Morgan fingerprint density at radius 3 is 2.42 bits per heavy atom. The van der Waals surface area contributed by atoms with Crippen molar-refractivity contribution in [1.29, 1.82) is 0 Å². The molecule has 1 aliphatic heterocycles. The monoisotopic (exact) mass is 374 g/mol. The zero-order chi connectivity index (χ0) is 19.2. The van der Waals surface area contributed by atoms with E-state index in [1.54, 1.807) is 0 Å². The summed E-state index contributed by atoms with van der Waals surface area (Å²) >= 11 is 0. The molecule has 1 aliphatic rings. The largest absolute Gasteiger partial charge is 0.573 e. The van der Waals surface area contributed by atoms with E-state index < -0.39 is 6.36 Å². The fourth-order valence-electron chi connectivity index (χ4n) is 2.62. The molecule has 3 N–H and O–H groups in total. The molecule has 146 valence electrons. The van der Waals surface area contributed by atoms with Gasteiger partial charge >= 0.3 is 6.36 Å². The normalized spacial score (nSPS) is 17.2. The maximum atomic E-state index is 12.1. The van der Waals surface area contributed by atoms with E-state index >= 15 is 0 Å². The molecule has 26 heavy (non-hydrogen) atoms. The number of benzene rings is 1. The molecular weight excluding hydrogens is 349 g/mol. The molecule has 6 nitrogen and oxygen atoms in total. The van der Waals surface area contributed by atoms with E-state index in [9.17, 15) is 13.2 Å². The van der Waals surface area contributed by atoms with Gasteiger partial charge in [0.2, 0.25) is 0 Å². The first kappa shape index (κ1) is 20.3. The number of ether oxygens (including phenoxy) is 2. The third-order valence-corrected chi connectivity index (χ3v) is 4.16. The summed E-state index contributed by atoms with van der Waals surface area (Å²) in [5, 5.41) is 3.10. The van der Waals surface area contributed by atoms with E-state index in [1.165, 1.54) is 24.3 Å². The van der Waals surface area contributed by atoms with Crippen molar-refractivity contribution in [2.24, 2.45) is 10.7 Å². The van der Waals surface area contributed by atoms with Crippen molar-refractivity contribution in [2.45, 2.75) is 32.3 Å². The van der Waals surface area contributed by atoms with Crippen molar-refractivity contribution in [3.8, 4) is 5.75 Å². The van der Waals surface area contributed by atoms with Gasteiger partial charge in [-0.3, -0.25) is 4.90 Å². The molecule has 0 aliphatic carbocycles. The highest BCUT2D eigenvalue weighted by molar-refractivity contribution is 5.77. The molecule has 0 amide bonds. The summed E-state index contributed by atoms with van der Waals surface area (Å²) < 4.78 is 45.6. The number of nitrogens with one attached hydrogen (secondary N) is 1. The summed E-state index contributed by atoms with van der Waals surface area (Å²) in [5.74, 6) is 0.0329. The van der Waals surface area contributed by atoms with E-state index in [-0.39, 0.29) is 17.8 Å². The smallest absolute Gasteiger partial charge is 0.406 e. The predicted octanol–water partition coefficient (Wildman–Crippen LogP) is 2.10. The number of hydrogen-bond acceptors (Lipinski definition) is 4. The maximum absolute atomic E-state index is 12.1. The van der Waals surface area contributed by atoms with Crippen LogP contribution in [0.4, 0.5) is 13.2 Å². The molecule has 0 spiro atoms. The summed E-state index contributed by atoms with van der Waals surface area (Å²) in [6, 6.07) is 5.55. The minimum Gasteiger partial charge on any atom is -0.406 e. The topological polar surface area (TPSA) is 72.1 Å². The number of halogens is 3. The van der Waals surface area contributed by atoms with Gasteiger partial charge in [-0.15, -0.1) is 13.2 Å². The van der Waals surface area contributed by atoms with Gasteiger partial charge in [-0.25, -0.2) is 4.99 Å². The van der Waals surface area contributed by atoms with Gasteiger partial charge < -0.3 is 20.5 Å². The summed E-state index contributed by atoms with van der Waals surface area (Å²) in [7, 11) is 0. The van der Waals surface area contributed by atoms with Gasteiger partial charge in [0.05, 0.1) is 19.8 Å². The molecule has 1 heterocycles. The highest BCUT2D eigenvalue weighted by Gasteiger charge is 2.31. The SMILES string of the molecule is CC(C)(CNC(N)=NCc1ccc(OC(F)(F)F)cc1)N1CCOCC1. The van der Waals surface area contributed by atoms with E-state index in [1.807, 2.05) is 0 Å². The first-order valence-electron chi connectivity index (χ1n) is 8.37. The standard InChI is InChI=1S/C17H25F3N4O2/c1-16(2,24-7-9-25-10-8-24)12-23-15(21)22-11-13-3-5-14(6-4-13)26-17(18,19)20/h3-6H,7-12H2,1-2H3,(H3,21,22,23). The van der Waals surface area contributed by atoms with Gasteiger partial charge in [-0.2, -0.15) is 0 Å². The van der Waals surface area contributed by atoms with Crippen LogP contribution in [-0.2, 0) is 11.3 Å². The third kappa shape index (κ3) is 6.72. The van der Waals surface area contributed by atoms with E-state index in [0.717, 1.165) is 31.9 Å². The molecule has 1 aromatic carbocycles. The molecular formula is C17H25F3N4O2. The Morgan fingerprint density at radius 2 is 1.85 bits per heavy atom. The van der Waals surface area contributed by atoms with Gasteiger partial charge in [0, 0.05) is 25.2 Å². The number of hydrogen-bond donors (Lipinski definition) is 2. The zero-order valence-corrected chi connectivity index (χ0v) is 15.0.